The number of ether oxygens (including phenoxy) is 3. The second kappa shape index (κ2) is 9.68. The third-order valence-corrected chi connectivity index (χ3v) is 4.18. The first kappa shape index (κ1) is 20.3. The number of esters is 1. The predicted molar refractivity (Wildman–Crippen MR) is 100 cm³/mol. The molecule has 0 unspecified atom stereocenters. The third kappa shape index (κ3) is 6.03. The molecule has 1 atom stereocenters. The predicted octanol–water partition coefficient (Wildman–Crippen LogP) is 2.29. The Hall–Kier alpha value is -3.42. The van der Waals surface area contributed by atoms with Crippen molar-refractivity contribution in [3.8, 4) is 11.5 Å². The van der Waals surface area contributed by atoms with Gasteiger partial charge in [0, 0.05) is 12.0 Å². The average Bonchev–Trinajstić information content (AvgIpc) is 2.75. The molecule has 29 heavy (non-hydrogen) atoms. The van der Waals surface area contributed by atoms with Gasteiger partial charge >= 0.3 is 5.97 Å². The Morgan fingerprint density at radius 3 is 2.52 bits per heavy atom. The van der Waals surface area contributed by atoms with Crippen LogP contribution in [0.25, 0.3) is 0 Å². The summed E-state index contributed by atoms with van der Waals surface area (Å²) in [5, 5.41) is 2.61. The van der Waals surface area contributed by atoms with Gasteiger partial charge in [-0.3, -0.25) is 14.4 Å². The molecule has 0 bridgehead atoms. The summed E-state index contributed by atoms with van der Waals surface area (Å²) in [4.78, 5) is 35.5. The van der Waals surface area contributed by atoms with Crippen molar-refractivity contribution in [1.29, 1.82) is 0 Å². The molecular formula is C21H20FNO6. The first-order valence-corrected chi connectivity index (χ1v) is 9.11. The molecule has 0 saturated heterocycles. The molecule has 0 aromatic heterocycles. The van der Waals surface area contributed by atoms with Crippen molar-refractivity contribution >= 4 is 17.7 Å². The van der Waals surface area contributed by atoms with Gasteiger partial charge in [-0.15, -0.1) is 0 Å². The fraction of sp³-hybridized carbons (Fsp3) is 0.286. The van der Waals surface area contributed by atoms with Gasteiger partial charge < -0.3 is 19.5 Å². The highest BCUT2D eigenvalue weighted by Crippen LogP contribution is 2.30. The number of amides is 1. The van der Waals surface area contributed by atoms with Crippen LogP contribution in [0.5, 0.6) is 11.5 Å². The van der Waals surface area contributed by atoms with E-state index in [4.69, 9.17) is 14.2 Å². The number of benzene rings is 2. The molecule has 1 amide bonds. The standard InChI is InChI=1S/C21H20FNO6/c22-15-7-5-14(6-8-15)17(24)9-10-21(26)28-13-20(25)23-11-16-12-27-18-3-1-2-4-19(18)29-16/h1-8,16H,9-13H2,(H,23,25)/t16-/m1/s1. The Kier molecular flexibility index (Phi) is 6.78. The number of para-hydroxylation sites is 2. The summed E-state index contributed by atoms with van der Waals surface area (Å²) < 4.78 is 29.0. The molecule has 3 rings (SSSR count). The van der Waals surface area contributed by atoms with Gasteiger partial charge in [0.05, 0.1) is 13.0 Å². The van der Waals surface area contributed by atoms with Gasteiger partial charge in [-0.25, -0.2) is 4.39 Å². The van der Waals surface area contributed by atoms with Crippen LogP contribution in [0.3, 0.4) is 0 Å². The fourth-order valence-electron chi connectivity index (χ4n) is 2.66. The van der Waals surface area contributed by atoms with Gasteiger partial charge in [0.1, 0.15) is 18.5 Å². The minimum absolute atomic E-state index is 0.0846. The average molecular weight is 401 g/mol. The van der Waals surface area contributed by atoms with Gasteiger partial charge in [0.25, 0.3) is 5.91 Å². The highest BCUT2D eigenvalue weighted by Gasteiger charge is 2.21. The maximum absolute atomic E-state index is 12.8. The summed E-state index contributed by atoms with van der Waals surface area (Å²) in [5.41, 5.74) is 0.313. The number of hydrogen-bond donors (Lipinski definition) is 1. The number of carbonyl (C=O) groups excluding carboxylic acids is 3. The Morgan fingerprint density at radius 1 is 1.03 bits per heavy atom. The van der Waals surface area contributed by atoms with E-state index in [1.165, 1.54) is 24.3 Å². The number of fused-ring (bicyclic) bond motifs is 1. The lowest BCUT2D eigenvalue weighted by Crippen LogP contribution is -2.42. The van der Waals surface area contributed by atoms with Crippen molar-refractivity contribution in [1.82, 2.24) is 5.32 Å². The summed E-state index contributed by atoms with van der Waals surface area (Å²) in [7, 11) is 0. The molecule has 1 aliphatic heterocycles. The SMILES string of the molecule is O=C(COC(=O)CCC(=O)c1ccc(F)cc1)NC[C@@H]1COc2ccccc2O1. The van der Waals surface area contributed by atoms with E-state index in [9.17, 15) is 18.8 Å². The largest absolute Gasteiger partial charge is 0.486 e. The molecule has 7 nitrogen and oxygen atoms in total. The molecular weight excluding hydrogens is 381 g/mol. The number of nitrogens with one attached hydrogen (secondary N) is 1. The van der Waals surface area contributed by atoms with E-state index in [2.05, 4.69) is 5.32 Å². The fourth-order valence-corrected chi connectivity index (χ4v) is 2.66. The van der Waals surface area contributed by atoms with Gasteiger partial charge in [-0.1, -0.05) is 12.1 Å². The molecule has 0 fully saturated rings. The van der Waals surface area contributed by atoms with Crippen LogP contribution in [0.15, 0.2) is 48.5 Å². The van der Waals surface area contributed by atoms with E-state index in [0.717, 1.165) is 0 Å². The van der Waals surface area contributed by atoms with Crippen LogP contribution in [0.1, 0.15) is 23.2 Å². The molecule has 2 aromatic rings. The molecule has 0 saturated carbocycles. The molecule has 1 heterocycles. The number of rotatable bonds is 8. The van der Waals surface area contributed by atoms with Crippen molar-refractivity contribution in [2.24, 2.45) is 0 Å². The van der Waals surface area contributed by atoms with Crippen LogP contribution < -0.4 is 14.8 Å². The van der Waals surface area contributed by atoms with Gasteiger partial charge in [0.2, 0.25) is 0 Å². The van der Waals surface area contributed by atoms with Gasteiger partial charge in [-0.05, 0) is 36.4 Å². The van der Waals surface area contributed by atoms with Crippen LogP contribution in [0.2, 0.25) is 0 Å². The first-order chi connectivity index (χ1) is 14.0. The third-order valence-electron chi connectivity index (χ3n) is 4.18. The minimum atomic E-state index is -0.665. The monoisotopic (exact) mass is 401 g/mol. The summed E-state index contributed by atoms with van der Waals surface area (Å²) in [6.07, 6.45) is -0.601. The molecule has 8 heteroatoms. The maximum Gasteiger partial charge on any atom is 0.306 e. The van der Waals surface area contributed by atoms with E-state index in [-0.39, 0.29) is 31.3 Å². The van der Waals surface area contributed by atoms with Crippen molar-refractivity contribution in [3.63, 3.8) is 0 Å². The number of Topliss-reactive ketones (excluding diaryl/α,β-unsaturated/α-hetero) is 1. The Balaban J connectivity index is 1.32. The van der Waals surface area contributed by atoms with Crippen molar-refractivity contribution < 1.29 is 33.0 Å². The van der Waals surface area contributed by atoms with Crippen LogP contribution in [-0.4, -0.2) is 43.5 Å². The van der Waals surface area contributed by atoms with Crippen LogP contribution in [0, 0.1) is 5.82 Å². The van der Waals surface area contributed by atoms with E-state index >= 15 is 0 Å². The topological polar surface area (TPSA) is 90.9 Å². The lowest BCUT2D eigenvalue weighted by Gasteiger charge is -2.26. The lowest BCUT2D eigenvalue weighted by molar-refractivity contribution is -0.148. The van der Waals surface area contributed by atoms with Crippen molar-refractivity contribution in [2.75, 3.05) is 19.8 Å². The van der Waals surface area contributed by atoms with E-state index in [1.54, 1.807) is 12.1 Å². The van der Waals surface area contributed by atoms with Crippen LogP contribution in [-0.2, 0) is 14.3 Å². The molecule has 1 aliphatic rings. The van der Waals surface area contributed by atoms with Crippen LogP contribution >= 0.6 is 0 Å². The normalized spacial score (nSPS) is 14.7. The second-order valence-corrected chi connectivity index (χ2v) is 6.39. The van der Waals surface area contributed by atoms with Gasteiger partial charge in [0.15, 0.2) is 23.9 Å². The van der Waals surface area contributed by atoms with Crippen LogP contribution in [0.4, 0.5) is 4.39 Å². The zero-order valence-corrected chi connectivity index (χ0v) is 15.6. The smallest absolute Gasteiger partial charge is 0.306 e. The Morgan fingerprint density at radius 2 is 1.76 bits per heavy atom. The zero-order chi connectivity index (χ0) is 20.6. The quantitative estimate of drug-likeness (QED) is 0.539. The van der Waals surface area contributed by atoms with E-state index < -0.39 is 24.3 Å². The lowest BCUT2D eigenvalue weighted by atomic mass is 10.1. The number of ketones is 1. The Bertz CT molecular complexity index is 883. The highest BCUT2D eigenvalue weighted by molar-refractivity contribution is 5.97. The summed E-state index contributed by atoms with van der Waals surface area (Å²) in [6, 6.07) is 12.3. The molecule has 152 valence electrons. The van der Waals surface area contributed by atoms with Crippen molar-refractivity contribution in [3.05, 3.63) is 59.9 Å². The molecule has 2 aromatic carbocycles. The number of hydrogen-bond acceptors (Lipinski definition) is 6. The first-order valence-electron chi connectivity index (χ1n) is 9.11. The summed E-state index contributed by atoms with van der Waals surface area (Å²) in [6.45, 7) is 0.0457. The van der Waals surface area contributed by atoms with E-state index in [1.807, 2.05) is 12.1 Å². The van der Waals surface area contributed by atoms with E-state index in [0.29, 0.717) is 23.7 Å². The second-order valence-electron chi connectivity index (χ2n) is 6.39. The highest BCUT2D eigenvalue weighted by atomic mass is 19.1. The Labute approximate surface area is 166 Å². The number of carbonyl (C=O) groups is 3. The minimum Gasteiger partial charge on any atom is -0.486 e. The molecule has 0 radical (unpaired) electrons. The van der Waals surface area contributed by atoms with Gasteiger partial charge in [-0.2, -0.15) is 0 Å². The summed E-state index contributed by atoms with van der Waals surface area (Å²) in [5.74, 6) is -0.635. The summed E-state index contributed by atoms with van der Waals surface area (Å²) >= 11 is 0. The zero-order valence-electron chi connectivity index (χ0n) is 15.6. The molecule has 0 spiro atoms. The maximum atomic E-state index is 12.8. The molecule has 1 N–H and O–H groups in total. The number of halogens is 1. The van der Waals surface area contributed by atoms with Crippen molar-refractivity contribution in [2.45, 2.75) is 18.9 Å². The molecule has 0 aliphatic carbocycles.